The van der Waals surface area contributed by atoms with E-state index in [0.29, 0.717) is 16.8 Å². The van der Waals surface area contributed by atoms with Gasteiger partial charge in [0.2, 0.25) is 0 Å². The number of phenols is 1. The number of aliphatic hydroxyl groups excluding tert-OH is 1. The molecule has 0 radical (unpaired) electrons. The SMILES string of the molecule is CCC(=O)C1=C(O)C(=O)N(c2ccc(CC(=O)OC)cc2)C1c1cccc(O)c1. The number of ether oxygens (including phenoxy) is 1. The van der Waals surface area contributed by atoms with E-state index in [1.54, 1.807) is 43.3 Å². The van der Waals surface area contributed by atoms with Crippen molar-refractivity contribution in [1.82, 2.24) is 0 Å². The summed E-state index contributed by atoms with van der Waals surface area (Å²) in [6.07, 6.45) is 0.206. The Morgan fingerprint density at radius 2 is 1.79 bits per heavy atom. The van der Waals surface area contributed by atoms with Gasteiger partial charge in [-0.25, -0.2) is 0 Å². The van der Waals surface area contributed by atoms with Crippen LogP contribution in [0.2, 0.25) is 0 Å². The van der Waals surface area contributed by atoms with Gasteiger partial charge in [0.05, 0.1) is 25.1 Å². The van der Waals surface area contributed by atoms with Crippen molar-refractivity contribution in [2.75, 3.05) is 12.0 Å². The van der Waals surface area contributed by atoms with Crippen LogP contribution in [0.4, 0.5) is 5.69 Å². The first-order valence-electron chi connectivity index (χ1n) is 9.12. The maximum absolute atomic E-state index is 12.8. The Morgan fingerprint density at radius 1 is 1.10 bits per heavy atom. The monoisotopic (exact) mass is 395 g/mol. The summed E-state index contributed by atoms with van der Waals surface area (Å²) in [7, 11) is 1.31. The Bertz CT molecular complexity index is 993. The molecule has 2 aromatic carbocycles. The summed E-state index contributed by atoms with van der Waals surface area (Å²) in [5, 5.41) is 20.3. The van der Waals surface area contributed by atoms with Crippen LogP contribution in [0.3, 0.4) is 0 Å². The molecule has 2 aromatic rings. The molecule has 0 aliphatic carbocycles. The molecule has 1 unspecified atom stereocenters. The zero-order valence-corrected chi connectivity index (χ0v) is 16.1. The fraction of sp³-hybridized carbons (Fsp3) is 0.227. The number of ketones is 1. The highest BCUT2D eigenvalue weighted by molar-refractivity contribution is 6.16. The van der Waals surface area contributed by atoms with Crippen LogP contribution >= 0.6 is 0 Å². The normalized spacial score (nSPS) is 16.3. The summed E-state index contributed by atoms with van der Waals surface area (Å²) in [5.41, 5.74) is 1.64. The fourth-order valence-electron chi connectivity index (χ4n) is 3.37. The van der Waals surface area contributed by atoms with Crippen LogP contribution in [-0.4, -0.2) is 35.0 Å². The lowest BCUT2D eigenvalue weighted by atomic mass is 9.94. The summed E-state index contributed by atoms with van der Waals surface area (Å²) in [5.74, 6) is -2.05. The molecule has 1 amide bonds. The average Bonchev–Trinajstić information content (AvgIpc) is 2.99. The van der Waals surface area contributed by atoms with E-state index >= 15 is 0 Å². The van der Waals surface area contributed by atoms with Gasteiger partial charge in [-0.05, 0) is 35.4 Å². The molecule has 1 aliphatic heterocycles. The quantitative estimate of drug-likeness (QED) is 0.729. The lowest BCUT2D eigenvalue weighted by molar-refractivity contribution is -0.139. The molecule has 150 valence electrons. The Labute approximate surface area is 167 Å². The Hall–Kier alpha value is -3.61. The molecule has 0 bridgehead atoms. The fourth-order valence-corrected chi connectivity index (χ4v) is 3.37. The van der Waals surface area contributed by atoms with Crippen molar-refractivity contribution in [2.24, 2.45) is 0 Å². The molecule has 0 aromatic heterocycles. The van der Waals surface area contributed by atoms with E-state index in [1.165, 1.54) is 24.1 Å². The maximum atomic E-state index is 12.8. The first kappa shape index (κ1) is 20.1. The average molecular weight is 395 g/mol. The molecule has 1 aliphatic rings. The number of anilines is 1. The second-order valence-electron chi connectivity index (χ2n) is 6.63. The number of carbonyl (C=O) groups is 3. The lowest BCUT2D eigenvalue weighted by Crippen LogP contribution is -2.31. The van der Waals surface area contributed by atoms with E-state index < -0.39 is 17.7 Å². The largest absolute Gasteiger partial charge is 0.508 e. The molecular weight excluding hydrogens is 374 g/mol. The van der Waals surface area contributed by atoms with Gasteiger partial charge in [-0.2, -0.15) is 0 Å². The minimum absolute atomic E-state index is 0.00161. The molecule has 1 heterocycles. The zero-order valence-electron chi connectivity index (χ0n) is 16.1. The first-order valence-corrected chi connectivity index (χ1v) is 9.12. The van der Waals surface area contributed by atoms with Crippen LogP contribution in [0, 0.1) is 0 Å². The van der Waals surface area contributed by atoms with Crippen molar-refractivity contribution in [2.45, 2.75) is 25.8 Å². The van der Waals surface area contributed by atoms with E-state index in [0.717, 1.165) is 0 Å². The van der Waals surface area contributed by atoms with E-state index in [-0.39, 0.29) is 35.9 Å². The summed E-state index contributed by atoms with van der Waals surface area (Å²) in [4.78, 5) is 38.1. The predicted octanol–water partition coefficient (Wildman–Crippen LogP) is 2.99. The van der Waals surface area contributed by atoms with Gasteiger partial charge in [-0.3, -0.25) is 19.3 Å². The second kappa shape index (κ2) is 8.18. The number of amides is 1. The summed E-state index contributed by atoms with van der Waals surface area (Å²) >= 11 is 0. The molecule has 1 atom stereocenters. The van der Waals surface area contributed by atoms with Crippen LogP contribution in [0.5, 0.6) is 5.75 Å². The Balaban J connectivity index is 2.05. The number of nitrogens with zero attached hydrogens (tertiary/aromatic N) is 1. The maximum Gasteiger partial charge on any atom is 0.309 e. The standard InChI is InChI=1S/C22H21NO6/c1-3-17(25)19-20(14-5-4-6-16(24)12-14)23(22(28)21(19)27)15-9-7-13(8-10-15)11-18(26)29-2/h4-10,12,20,24,27H,3,11H2,1-2H3. The van der Waals surface area contributed by atoms with Crippen molar-refractivity contribution in [3.05, 3.63) is 71.0 Å². The Kier molecular flexibility index (Phi) is 5.68. The van der Waals surface area contributed by atoms with Gasteiger partial charge in [-0.15, -0.1) is 0 Å². The van der Waals surface area contributed by atoms with Gasteiger partial charge in [0.1, 0.15) is 5.75 Å². The van der Waals surface area contributed by atoms with Crippen LogP contribution in [0.1, 0.15) is 30.5 Å². The molecule has 7 nitrogen and oxygen atoms in total. The zero-order chi connectivity index (χ0) is 21.1. The predicted molar refractivity (Wildman–Crippen MR) is 105 cm³/mol. The summed E-state index contributed by atoms with van der Waals surface area (Å²) in [6, 6.07) is 12.0. The topological polar surface area (TPSA) is 104 Å². The van der Waals surface area contributed by atoms with Gasteiger partial charge < -0.3 is 14.9 Å². The number of aliphatic hydroxyl groups is 1. The van der Waals surface area contributed by atoms with Gasteiger partial charge >= 0.3 is 5.97 Å². The van der Waals surface area contributed by atoms with Gasteiger partial charge in [0, 0.05) is 12.1 Å². The molecule has 0 saturated heterocycles. The number of Topliss-reactive ketones (excluding diaryl/α,β-unsaturated/α-hetero) is 1. The number of methoxy groups -OCH3 is 1. The van der Waals surface area contributed by atoms with Crippen LogP contribution < -0.4 is 4.90 Å². The molecule has 2 N–H and O–H groups in total. The molecule has 0 saturated carbocycles. The summed E-state index contributed by atoms with van der Waals surface area (Å²) in [6.45, 7) is 1.65. The highest BCUT2D eigenvalue weighted by Gasteiger charge is 2.43. The molecule has 29 heavy (non-hydrogen) atoms. The van der Waals surface area contributed by atoms with E-state index in [2.05, 4.69) is 4.74 Å². The third-order valence-corrected chi connectivity index (χ3v) is 4.81. The smallest absolute Gasteiger partial charge is 0.309 e. The third-order valence-electron chi connectivity index (χ3n) is 4.81. The molecule has 0 spiro atoms. The van der Waals surface area contributed by atoms with Gasteiger partial charge in [0.15, 0.2) is 11.5 Å². The highest BCUT2D eigenvalue weighted by atomic mass is 16.5. The van der Waals surface area contributed by atoms with Crippen molar-refractivity contribution in [1.29, 1.82) is 0 Å². The van der Waals surface area contributed by atoms with Crippen molar-refractivity contribution < 1.29 is 29.3 Å². The number of hydrogen-bond acceptors (Lipinski definition) is 6. The second-order valence-corrected chi connectivity index (χ2v) is 6.63. The highest BCUT2D eigenvalue weighted by Crippen LogP contribution is 2.41. The number of phenolic OH excluding ortho intramolecular Hbond substituents is 1. The number of hydrogen-bond donors (Lipinski definition) is 2. The van der Waals surface area contributed by atoms with Gasteiger partial charge in [0.25, 0.3) is 5.91 Å². The van der Waals surface area contributed by atoms with Gasteiger partial charge in [-0.1, -0.05) is 31.2 Å². The number of aromatic hydroxyl groups is 1. The third kappa shape index (κ3) is 3.85. The molecule has 7 heteroatoms. The van der Waals surface area contributed by atoms with Crippen molar-refractivity contribution >= 4 is 23.3 Å². The van der Waals surface area contributed by atoms with Crippen LogP contribution in [0.25, 0.3) is 0 Å². The van der Waals surface area contributed by atoms with Crippen LogP contribution in [-0.2, 0) is 25.5 Å². The van der Waals surface area contributed by atoms with E-state index in [9.17, 15) is 24.6 Å². The minimum atomic E-state index is -0.867. The number of benzene rings is 2. The summed E-state index contributed by atoms with van der Waals surface area (Å²) < 4.78 is 4.65. The van der Waals surface area contributed by atoms with Crippen molar-refractivity contribution in [3.8, 4) is 5.75 Å². The Morgan fingerprint density at radius 3 is 2.38 bits per heavy atom. The van der Waals surface area contributed by atoms with Crippen LogP contribution in [0.15, 0.2) is 59.9 Å². The number of rotatable bonds is 6. The number of carbonyl (C=O) groups excluding carboxylic acids is 3. The molecular formula is C22H21NO6. The first-order chi connectivity index (χ1) is 13.9. The van der Waals surface area contributed by atoms with Crippen molar-refractivity contribution in [3.63, 3.8) is 0 Å². The number of esters is 1. The lowest BCUT2D eigenvalue weighted by Gasteiger charge is -2.27. The van der Waals surface area contributed by atoms with E-state index in [1.807, 2.05) is 0 Å². The van der Waals surface area contributed by atoms with E-state index in [4.69, 9.17) is 0 Å². The molecule has 0 fully saturated rings. The minimum Gasteiger partial charge on any atom is -0.508 e. The molecule has 3 rings (SSSR count).